The van der Waals surface area contributed by atoms with Gasteiger partial charge < -0.3 is 15.1 Å². The lowest BCUT2D eigenvalue weighted by Crippen LogP contribution is -2.36. The average Bonchev–Trinajstić information content (AvgIpc) is 2.98. The molecule has 41 heavy (non-hydrogen) atoms. The van der Waals surface area contributed by atoms with E-state index in [0.29, 0.717) is 23.6 Å². The van der Waals surface area contributed by atoms with E-state index in [1.807, 2.05) is 53.4 Å². The second-order valence-corrected chi connectivity index (χ2v) is 11.9. The second kappa shape index (κ2) is 15.0. The van der Waals surface area contributed by atoms with Crippen LogP contribution in [0.1, 0.15) is 72.1 Å². The molecule has 0 saturated heterocycles. The molecule has 1 aliphatic heterocycles. The minimum absolute atomic E-state index is 0.00729. The summed E-state index contributed by atoms with van der Waals surface area (Å²) in [4.78, 5) is 32.6. The Morgan fingerprint density at radius 1 is 0.927 bits per heavy atom. The van der Waals surface area contributed by atoms with Gasteiger partial charge >= 0.3 is 0 Å². The molecule has 4 rings (SSSR count). The summed E-state index contributed by atoms with van der Waals surface area (Å²) >= 11 is 1.50. The number of carbonyl (C=O) groups is 2. The van der Waals surface area contributed by atoms with E-state index in [1.54, 1.807) is 0 Å². The van der Waals surface area contributed by atoms with Gasteiger partial charge in [0.1, 0.15) is 0 Å². The summed E-state index contributed by atoms with van der Waals surface area (Å²) in [5, 5.41) is 3.08. The molecule has 0 unspecified atom stereocenters. The molecule has 216 valence electrons. The number of anilines is 1. The van der Waals surface area contributed by atoms with Crippen LogP contribution in [0.3, 0.4) is 0 Å². The fourth-order valence-electron chi connectivity index (χ4n) is 4.97. The number of nitrogens with zero attached hydrogens (tertiary/aromatic N) is 2. The summed E-state index contributed by atoms with van der Waals surface area (Å²) < 4.78 is 0. The second-order valence-electron chi connectivity index (χ2n) is 10.8. The Morgan fingerprint density at radius 3 is 2.34 bits per heavy atom. The highest BCUT2D eigenvalue weighted by atomic mass is 32.2. The first kappa shape index (κ1) is 30.6. The van der Waals surface area contributed by atoms with Crippen molar-refractivity contribution in [3.05, 3.63) is 99.5 Å². The molecule has 5 nitrogen and oxygen atoms in total. The van der Waals surface area contributed by atoms with Crippen LogP contribution < -0.4 is 10.2 Å². The number of amides is 2. The smallest absolute Gasteiger partial charge is 0.265 e. The number of rotatable bonds is 13. The Balaban J connectivity index is 1.44. The van der Waals surface area contributed by atoms with Crippen molar-refractivity contribution in [1.29, 1.82) is 0 Å². The molecule has 6 heteroatoms. The van der Waals surface area contributed by atoms with Crippen molar-refractivity contribution in [2.75, 3.05) is 31.1 Å². The number of fused-ring (bicyclic) bond motifs is 1. The number of nitrogens with one attached hydrogen (secondary N) is 1. The number of carbonyl (C=O) groups excluding carboxylic acids is 2. The zero-order chi connectivity index (χ0) is 29.2. The highest BCUT2D eigenvalue weighted by molar-refractivity contribution is 8.04. The third-order valence-corrected chi connectivity index (χ3v) is 8.58. The van der Waals surface area contributed by atoms with Crippen LogP contribution in [0.4, 0.5) is 5.69 Å². The quantitative estimate of drug-likeness (QED) is 0.215. The van der Waals surface area contributed by atoms with E-state index in [-0.39, 0.29) is 11.8 Å². The summed E-state index contributed by atoms with van der Waals surface area (Å²) in [5.41, 5.74) is 5.97. The number of para-hydroxylation sites is 1. The third kappa shape index (κ3) is 8.34. The van der Waals surface area contributed by atoms with Gasteiger partial charge in [-0.3, -0.25) is 9.59 Å². The summed E-state index contributed by atoms with van der Waals surface area (Å²) in [7, 11) is 0. The minimum atomic E-state index is -0.0631. The molecule has 0 spiro atoms. The van der Waals surface area contributed by atoms with Gasteiger partial charge in [-0.25, -0.2) is 0 Å². The maximum Gasteiger partial charge on any atom is 0.265 e. The van der Waals surface area contributed by atoms with E-state index in [4.69, 9.17) is 0 Å². The van der Waals surface area contributed by atoms with E-state index >= 15 is 0 Å². The van der Waals surface area contributed by atoms with Gasteiger partial charge in [-0.1, -0.05) is 86.5 Å². The van der Waals surface area contributed by atoms with E-state index in [1.165, 1.54) is 48.6 Å². The molecular weight excluding hydrogens is 526 g/mol. The lowest BCUT2D eigenvalue weighted by Gasteiger charge is -2.31. The van der Waals surface area contributed by atoms with Gasteiger partial charge in [0.15, 0.2) is 0 Å². The van der Waals surface area contributed by atoms with Gasteiger partial charge in [-0.15, -0.1) is 0 Å². The summed E-state index contributed by atoms with van der Waals surface area (Å²) in [6, 6.07) is 22.0. The highest BCUT2D eigenvalue weighted by Gasteiger charge is 2.29. The molecular formula is C35H43N3O2S. The monoisotopic (exact) mass is 569 g/mol. The van der Waals surface area contributed by atoms with Crippen LogP contribution in [0.5, 0.6) is 0 Å². The van der Waals surface area contributed by atoms with Crippen molar-refractivity contribution in [3.8, 4) is 0 Å². The number of hydrogen-bond acceptors (Lipinski definition) is 4. The van der Waals surface area contributed by atoms with Gasteiger partial charge in [0, 0.05) is 23.5 Å². The van der Waals surface area contributed by atoms with Gasteiger partial charge in [0.05, 0.1) is 17.1 Å². The lowest BCUT2D eigenvalue weighted by molar-refractivity contribution is -0.114. The first-order chi connectivity index (χ1) is 19.9. The van der Waals surface area contributed by atoms with Crippen molar-refractivity contribution < 1.29 is 9.59 Å². The van der Waals surface area contributed by atoms with Gasteiger partial charge in [0.25, 0.3) is 11.8 Å². The van der Waals surface area contributed by atoms with Crippen molar-refractivity contribution in [2.45, 2.75) is 64.8 Å². The maximum atomic E-state index is 13.7. The van der Waals surface area contributed by atoms with E-state index in [9.17, 15) is 9.59 Å². The predicted molar refractivity (Wildman–Crippen MR) is 172 cm³/mol. The predicted octanol–water partition coefficient (Wildman–Crippen LogP) is 7.62. The van der Waals surface area contributed by atoms with E-state index in [0.717, 1.165) is 41.3 Å². The SMILES string of the molecule is CCCCN(CCCC)CCNC(=O)c1ccc(C=C2Sc3ccccc3N(Cc3cc(C)ccc3C)C2=O)cc1. The molecule has 0 bridgehead atoms. The maximum absolute atomic E-state index is 13.7. The van der Waals surface area contributed by atoms with Crippen molar-refractivity contribution in [1.82, 2.24) is 10.2 Å². The topological polar surface area (TPSA) is 52.7 Å². The summed E-state index contributed by atoms with van der Waals surface area (Å²) in [6.07, 6.45) is 6.66. The Morgan fingerprint density at radius 2 is 1.63 bits per heavy atom. The first-order valence-corrected chi connectivity index (χ1v) is 15.7. The molecule has 1 heterocycles. The molecule has 0 fully saturated rings. The normalized spacial score (nSPS) is 14.0. The number of hydrogen-bond donors (Lipinski definition) is 1. The van der Waals surface area contributed by atoms with E-state index < -0.39 is 0 Å². The van der Waals surface area contributed by atoms with Crippen molar-refractivity contribution in [3.63, 3.8) is 0 Å². The van der Waals surface area contributed by atoms with Gasteiger partial charge in [-0.2, -0.15) is 0 Å². The number of unbranched alkanes of at least 4 members (excludes halogenated alkanes) is 2. The Bertz CT molecular complexity index is 1360. The Kier molecular flexibility index (Phi) is 11.2. The Hall–Kier alpha value is -3.35. The van der Waals surface area contributed by atoms with Crippen LogP contribution in [-0.2, 0) is 11.3 Å². The molecule has 2 amide bonds. The van der Waals surface area contributed by atoms with Gasteiger partial charge in [0.2, 0.25) is 0 Å². The Labute approximate surface area is 250 Å². The number of aryl methyl sites for hydroxylation is 2. The first-order valence-electron chi connectivity index (χ1n) is 14.9. The van der Waals surface area contributed by atoms with Crippen LogP contribution in [0.15, 0.2) is 76.5 Å². The molecule has 1 N–H and O–H groups in total. The minimum Gasteiger partial charge on any atom is -0.351 e. The van der Waals surface area contributed by atoms with Gasteiger partial charge in [-0.05, 0) is 86.8 Å². The summed E-state index contributed by atoms with van der Waals surface area (Å²) in [5.74, 6) is -0.0704. The molecule has 0 aliphatic carbocycles. The van der Waals surface area contributed by atoms with Crippen molar-refractivity contribution >= 4 is 35.3 Å². The summed E-state index contributed by atoms with van der Waals surface area (Å²) in [6.45, 7) is 12.8. The average molecular weight is 570 g/mol. The van der Waals surface area contributed by atoms with Crippen LogP contribution in [0, 0.1) is 13.8 Å². The lowest BCUT2D eigenvalue weighted by atomic mass is 10.0. The van der Waals surface area contributed by atoms with Crippen molar-refractivity contribution in [2.24, 2.45) is 0 Å². The van der Waals surface area contributed by atoms with E-state index in [2.05, 4.69) is 62.2 Å². The molecule has 0 saturated carbocycles. The third-order valence-electron chi connectivity index (χ3n) is 7.51. The molecule has 0 radical (unpaired) electrons. The zero-order valence-electron chi connectivity index (χ0n) is 24.9. The number of benzene rings is 3. The highest BCUT2D eigenvalue weighted by Crippen LogP contribution is 2.42. The van der Waals surface area contributed by atoms with Crippen LogP contribution in [-0.4, -0.2) is 42.9 Å². The zero-order valence-corrected chi connectivity index (χ0v) is 25.7. The molecule has 3 aromatic carbocycles. The molecule has 3 aromatic rings. The largest absolute Gasteiger partial charge is 0.351 e. The molecule has 1 aliphatic rings. The van der Waals surface area contributed by atoms with Crippen LogP contribution in [0.2, 0.25) is 0 Å². The fraction of sp³-hybridized carbons (Fsp3) is 0.371. The number of thioether (sulfide) groups is 1. The molecule has 0 atom stereocenters. The molecule has 0 aromatic heterocycles. The van der Waals surface area contributed by atoms with Crippen LogP contribution in [0.25, 0.3) is 6.08 Å². The van der Waals surface area contributed by atoms with Crippen LogP contribution >= 0.6 is 11.8 Å². The fourth-order valence-corrected chi connectivity index (χ4v) is 6.03. The standard InChI is InChI=1S/C35H43N3O2S/c1-5-7-20-37(21-8-6-2)22-19-36-34(39)29-17-15-28(16-18-29)24-33-35(40)38(31-11-9-10-12-32(31)41-33)25-30-23-26(3)13-14-27(30)4/h9-18,23-24H,5-8,19-22,25H2,1-4H3,(H,36,39).